The van der Waals surface area contributed by atoms with Gasteiger partial charge in [-0.1, -0.05) is 36.4 Å². The highest BCUT2D eigenvalue weighted by Gasteiger charge is 2.29. The maximum Gasteiger partial charge on any atom is 0.234 e. The van der Waals surface area contributed by atoms with E-state index in [9.17, 15) is 9.59 Å². The molecule has 0 fully saturated rings. The molecule has 3 rings (SSSR count). The Morgan fingerprint density at radius 1 is 0.750 bits per heavy atom. The van der Waals surface area contributed by atoms with Gasteiger partial charge in [-0.15, -0.1) is 13.2 Å². The van der Waals surface area contributed by atoms with Gasteiger partial charge in [0.15, 0.2) is 0 Å². The van der Waals surface area contributed by atoms with Crippen LogP contribution in [-0.2, 0) is 0 Å². The van der Waals surface area contributed by atoms with E-state index in [2.05, 4.69) is 13.2 Å². The minimum atomic E-state index is -0.378. The van der Waals surface area contributed by atoms with Crippen LogP contribution in [0.2, 0.25) is 0 Å². The average Bonchev–Trinajstić information content (AvgIpc) is 2.60. The minimum absolute atomic E-state index is 0.378. The SMILES string of the molecule is C=C.O=C1C(=O)c2cccc3cccc1c23. The first kappa shape index (κ1) is 10.3. The Hall–Kier alpha value is -2.22. The molecule has 2 aromatic carbocycles. The van der Waals surface area contributed by atoms with Gasteiger partial charge in [-0.25, -0.2) is 0 Å². The molecule has 0 heterocycles. The van der Waals surface area contributed by atoms with Crippen molar-refractivity contribution in [3.63, 3.8) is 0 Å². The van der Waals surface area contributed by atoms with Crippen LogP contribution in [0.5, 0.6) is 0 Å². The van der Waals surface area contributed by atoms with E-state index in [0.29, 0.717) is 11.1 Å². The van der Waals surface area contributed by atoms with E-state index >= 15 is 0 Å². The third kappa shape index (κ3) is 1.20. The molecule has 2 aromatic rings. The lowest BCUT2D eigenvalue weighted by atomic mass is 10.1. The Morgan fingerprint density at radius 3 is 1.62 bits per heavy atom. The molecule has 2 nitrogen and oxygen atoms in total. The lowest BCUT2D eigenvalue weighted by Crippen LogP contribution is -2.05. The van der Waals surface area contributed by atoms with Crippen molar-refractivity contribution < 1.29 is 9.59 Å². The van der Waals surface area contributed by atoms with E-state index in [4.69, 9.17) is 0 Å². The minimum Gasteiger partial charge on any atom is -0.285 e. The van der Waals surface area contributed by atoms with Crippen LogP contribution >= 0.6 is 0 Å². The van der Waals surface area contributed by atoms with E-state index in [-0.39, 0.29) is 11.6 Å². The second-order valence-corrected chi connectivity index (χ2v) is 3.37. The number of Topliss-reactive ketones (excluding diaryl/α,β-unsaturated/α-hetero) is 2. The zero-order valence-electron chi connectivity index (χ0n) is 8.69. The van der Waals surface area contributed by atoms with Gasteiger partial charge in [0.2, 0.25) is 11.6 Å². The zero-order chi connectivity index (χ0) is 11.7. The van der Waals surface area contributed by atoms with E-state index in [1.165, 1.54) is 0 Å². The molecule has 0 saturated heterocycles. The summed E-state index contributed by atoms with van der Waals surface area (Å²) in [6, 6.07) is 10.8. The van der Waals surface area contributed by atoms with Gasteiger partial charge in [-0.05, 0) is 5.39 Å². The molecular formula is C14H10O2. The first-order chi connectivity index (χ1) is 7.79. The molecule has 0 aromatic heterocycles. The fourth-order valence-corrected chi connectivity index (χ4v) is 1.96. The van der Waals surface area contributed by atoms with Crippen LogP contribution in [-0.4, -0.2) is 11.6 Å². The molecule has 0 atom stereocenters. The predicted molar refractivity (Wildman–Crippen MR) is 63.9 cm³/mol. The molecule has 16 heavy (non-hydrogen) atoms. The highest BCUT2D eigenvalue weighted by molar-refractivity contribution is 6.57. The van der Waals surface area contributed by atoms with E-state index in [0.717, 1.165) is 10.8 Å². The van der Waals surface area contributed by atoms with Crippen molar-refractivity contribution in [2.75, 3.05) is 0 Å². The lowest BCUT2D eigenvalue weighted by Gasteiger charge is -1.97. The third-order valence-corrected chi connectivity index (χ3v) is 2.60. The van der Waals surface area contributed by atoms with Crippen molar-refractivity contribution in [3.05, 3.63) is 60.7 Å². The van der Waals surface area contributed by atoms with Crippen LogP contribution in [0.3, 0.4) is 0 Å². The summed E-state index contributed by atoms with van der Waals surface area (Å²) in [7, 11) is 0. The van der Waals surface area contributed by atoms with Gasteiger partial charge in [0.25, 0.3) is 0 Å². The maximum atomic E-state index is 11.5. The van der Waals surface area contributed by atoms with Gasteiger partial charge in [0.05, 0.1) is 0 Å². The highest BCUT2D eigenvalue weighted by atomic mass is 16.2. The smallest absolute Gasteiger partial charge is 0.234 e. The van der Waals surface area contributed by atoms with E-state index < -0.39 is 0 Å². The Balaban J connectivity index is 0.000000457. The summed E-state index contributed by atoms with van der Waals surface area (Å²) in [5, 5.41) is 1.77. The largest absolute Gasteiger partial charge is 0.285 e. The normalized spacial score (nSPS) is 12.5. The first-order valence-electron chi connectivity index (χ1n) is 4.90. The second kappa shape index (κ2) is 3.74. The summed E-state index contributed by atoms with van der Waals surface area (Å²) in [6.45, 7) is 6.00. The third-order valence-electron chi connectivity index (χ3n) is 2.60. The standard InChI is InChI=1S/C12H6O2.C2H4/c13-11-8-5-1-3-7-4-2-6-9(10(7)8)12(11)14;1-2/h1-6H;1-2H2. The number of hydrogen-bond acceptors (Lipinski definition) is 2. The van der Waals surface area contributed by atoms with Crippen LogP contribution in [0, 0.1) is 0 Å². The van der Waals surface area contributed by atoms with Crippen molar-refractivity contribution in [3.8, 4) is 0 Å². The first-order valence-corrected chi connectivity index (χ1v) is 4.90. The Labute approximate surface area is 93.2 Å². The summed E-state index contributed by atoms with van der Waals surface area (Å²) in [5.74, 6) is -0.756. The molecule has 0 N–H and O–H groups in total. The number of rotatable bonds is 0. The van der Waals surface area contributed by atoms with Crippen molar-refractivity contribution in [2.24, 2.45) is 0 Å². The van der Waals surface area contributed by atoms with Gasteiger partial charge < -0.3 is 0 Å². The van der Waals surface area contributed by atoms with Gasteiger partial charge in [0.1, 0.15) is 0 Å². The van der Waals surface area contributed by atoms with Crippen LogP contribution in [0.4, 0.5) is 0 Å². The van der Waals surface area contributed by atoms with E-state index in [1.54, 1.807) is 24.3 Å². The van der Waals surface area contributed by atoms with Crippen LogP contribution in [0.25, 0.3) is 10.8 Å². The zero-order valence-corrected chi connectivity index (χ0v) is 8.69. The van der Waals surface area contributed by atoms with Gasteiger partial charge in [0, 0.05) is 16.5 Å². The van der Waals surface area contributed by atoms with Crippen molar-refractivity contribution >= 4 is 22.3 Å². The number of carbonyl (C=O) groups excluding carboxylic acids is 2. The second-order valence-electron chi connectivity index (χ2n) is 3.37. The summed E-state index contributed by atoms with van der Waals surface area (Å²) >= 11 is 0. The molecule has 0 amide bonds. The van der Waals surface area contributed by atoms with Gasteiger partial charge >= 0.3 is 0 Å². The molecule has 2 heteroatoms. The van der Waals surface area contributed by atoms with Crippen molar-refractivity contribution in [1.29, 1.82) is 0 Å². The molecule has 1 aliphatic carbocycles. The molecule has 1 aliphatic rings. The maximum absolute atomic E-state index is 11.5. The highest BCUT2D eigenvalue weighted by Crippen LogP contribution is 2.30. The monoisotopic (exact) mass is 210 g/mol. The summed E-state index contributed by atoms with van der Waals surface area (Å²) in [4.78, 5) is 23.1. The molecule has 78 valence electrons. The fraction of sp³-hybridized carbons (Fsp3) is 0. The van der Waals surface area contributed by atoms with Crippen molar-refractivity contribution in [1.82, 2.24) is 0 Å². The molecule has 0 radical (unpaired) electrons. The van der Waals surface area contributed by atoms with Crippen LogP contribution < -0.4 is 0 Å². The number of hydrogen-bond donors (Lipinski definition) is 0. The summed E-state index contributed by atoms with van der Waals surface area (Å²) in [5.41, 5.74) is 1.09. The fourth-order valence-electron chi connectivity index (χ4n) is 1.96. The Bertz CT molecular complexity index is 548. The van der Waals surface area contributed by atoms with E-state index in [1.807, 2.05) is 12.1 Å². The molecule has 0 aliphatic heterocycles. The molecule has 0 spiro atoms. The summed E-state index contributed by atoms with van der Waals surface area (Å²) in [6.07, 6.45) is 0. The summed E-state index contributed by atoms with van der Waals surface area (Å²) < 4.78 is 0. The number of carbonyl (C=O) groups is 2. The van der Waals surface area contributed by atoms with Crippen LogP contribution in [0.15, 0.2) is 49.6 Å². The lowest BCUT2D eigenvalue weighted by molar-refractivity contribution is 0.0825. The molecule has 0 unspecified atom stereocenters. The Morgan fingerprint density at radius 2 is 1.19 bits per heavy atom. The quantitative estimate of drug-likeness (QED) is 0.494. The average molecular weight is 210 g/mol. The predicted octanol–water partition coefficient (Wildman–Crippen LogP) is 3.02. The number of ketones is 2. The van der Waals surface area contributed by atoms with Crippen LogP contribution in [0.1, 0.15) is 20.7 Å². The topological polar surface area (TPSA) is 34.1 Å². The van der Waals surface area contributed by atoms with Gasteiger partial charge in [-0.3, -0.25) is 9.59 Å². The number of benzene rings is 2. The van der Waals surface area contributed by atoms with Gasteiger partial charge in [-0.2, -0.15) is 0 Å². The Kier molecular flexibility index (Phi) is 2.41. The van der Waals surface area contributed by atoms with Crippen molar-refractivity contribution in [2.45, 2.75) is 0 Å². The molecule has 0 bridgehead atoms. The molecular weight excluding hydrogens is 200 g/mol. The molecule has 0 saturated carbocycles.